The summed E-state index contributed by atoms with van der Waals surface area (Å²) in [5.74, 6) is 0.228. The van der Waals surface area contributed by atoms with Gasteiger partial charge in [-0.1, -0.05) is 19.9 Å². The second kappa shape index (κ2) is 8.81. The van der Waals surface area contributed by atoms with Crippen molar-refractivity contribution in [2.24, 2.45) is 5.92 Å². The van der Waals surface area contributed by atoms with Gasteiger partial charge in [-0.3, -0.25) is 19.1 Å². The summed E-state index contributed by atoms with van der Waals surface area (Å²) in [4.78, 5) is 31.9. The molecule has 0 saturated heterocycles. The third-order valence-electron chi connectivity index (χ3n) is 5.49. The molecule has 1 aromatic carbocycles. The third kappa shape index (κ3) is 4.34. The van der Waals surface area contributed by atoms with Crippen LogP contribution in [-0.4, -0.2) is 54.2 Å². The van der Waals surface area contributed by atoms with Gasteiger partial charge in [0.1, 0.15) is 12.7 Å². The largest absolute Gasteiger partial charge is 0.465 e. The van der Waals surface area contributed by atoms with E-state index in [1.165, 1.54) is 11.2 Å². The van der Waals surface area contributed by atoms with E-state index in [1.807, 2.05) is 49.8 Å². The summed E-state index contributed by atoms with van der Waals surface area (Å²) in [7, 11) is 0. The number of nitrogens with zero attached hydrogens (tertiary/aromatic N) is 7. The summed E-state index contributed by atoms with van der Waals surface area (Å²) in [6.45, 7) is 7.38. The van der Waals surface area contributed by atoms with Gasteiger partial charge in [0.05, 0.1) is 36.7 Å². The van der Waals surface area contributed by atoms with E-state index in [-0.39, 0.29) is 24.4 Å². The molecule has 2 aromatic heterocycles. The van der Waals surface area contributed by atoms with Crippen LogP contribution in [0.2, 0.25) is 0 Å². The van der Waals surface area contributed by atoms with Crippen molar-refractivity contribution in [3.63, 3.8) is 0 Å². The van der Waals surface area contributed by atoms with Crippen LogP contribution in [-0.2, 0) is 17.9 Å². The van der Waals surface area contributed by atoms with E-state index in [1.54, 1.807) is 22.1 Å². The number of fused-ring (bicyclic) bond motifs is 1. The van der Waals surface area contributed by atoms with Gasteiger partial charge >= 0.3 is 6.09 Å². The maximum atomic E-state index is 12.9. The molecule has 0 unspecified atom stereocenters. The summed E-state index contributed by atoms with van der Waals surface area (Å²) in [6.07, 6.45) is 6.19. The molecule has 0 spiro atoms. The summed E-state index contributed by atoms with van der Waals surface area (Å²) < 4.78 is 3.54. The second-order valence-electron chi connectivity index (χ2n) is 8.46. The quantitative estimate of drug-likeness (QED) is 0.635. The zero-order valence-corrected chi connectivity index (χ0v) is 18.4. The smallest absolute Gasteiger partial charge is 0.411 e. The number of aryl methyl sites for hydroxylation is 2. The van der Waals surface area contributed by atoms with Crippen LogP contribution in [0.1, 0.15) is 27.2 Å². The first-order valence-electron chi connectivity index (χ1n) is 10.6. The molecule has 1 N–H and O–H groups in total. The molecule has 10 heteroatoms. The summed E-state index contributed by atoms with van der Waals surface area (Å²) in [5, 5.41) is 18.3. The minimum absolute atomic E-state index is 0.00692. The molecule has 0 bridgehead atoms. The van der Waals surface area contributed by atoms with Crippen molar-refractivity contribution in [2.75, 3.05) is 16.3 Å². The number of benzene rings is 1. The first kappa shape index (κ1) is 21.5. The Bertz CT molecular complexity index is 1110. The molecule has 0 saturated carbocycles. The first-order valence-corrected chi connectivity index (χ1v) is 10.6. The SMILES string of the molecule is CC(C)CC(=O)N1c2ccc(-c3cnn(CCn4cncn4)c3)cc2N(C(=O)O)C[C@@H]1C. The van der Waals surface area contributed by atoms with Crippen molar-refractivity contribution in [3.05, 3.63) is 43.2 Å². The predicted molar refractivity (Wildman–Crippen MR) is 119 cm³/mol. The fourth-order valence-electron chi connectivity index (χ4n) is 4.00. The van der Waals surface area contributed by atoms with Gasteiger partial charge in [0.2, 0.25) is 5.91 Å². The van der Waals surface area contributed by atoms with Crippen LogP contribution in [0.5, 0.6) is 0 Å². The van der Waals surface area contributed by atoms with Crippen molar-refractivity contribution >= 4 is 23.4 Å². The average molecular weight is 438 g/mol. The lowest BCUT2D eigenvalue weighted by Gasteiger charge is -2.40. The maximum Gasteiger partial charge on any atom is 0.411 e. The third-order valence-corrected chi connectivity index (χ3v) is 5.49. The Labute approximate surface area is 186 Å². The zero-order chi connectivity index (χ0) is 22.8. The van der Waals surface area contributed by atoms with Crippen LogP contribution in [0.4, 0.5) is 16.2 Å². The molecular formula is C22H27N7O3. The van der Waals surface area contributed by atoms with Gasteiger partial charge in [0.15, 0.2) is 0 Å². The van der Waals surface area contributed by atoms with Gasteiger partial charge in [-0.05, 0) is 30.5 Å². The molecule has 10 nitrogen and oxygen atoms in total. The summed E-state index contributed by atoms with van der Waals surface area (Å²) in [5.41, 5.74) is 2.85. The lowest BCUT2D eigenvalue weighted by molar-refractivity contribution is -0.119. The molecule has 32 heavy (non-hydrogen) atoms. The maximum absolute atomic E-state index is 12.9. The Morgan fingerprint density at radius 1 is 1.12 bits per heavy atom. The molecular weight excluding hydrogens is 410 g/mol. The number of carbonyl (C=O) groups excluding carboxylic acids is 1. The summed E-state index contributed by atoms with van der Waals surface area (Å²) in [6, 6.07) is 5.33. The van der Waals surface area contributed by atoms with Crippen molar-refractivity contribution in [1.82, 2.24) is 24.5 Å². The molecule has 0 fully saturated rings. The predicted octanol–water partition coefficient (Wildman–Crippen LogP) is 3.11. The normalized spacial score (nSPS) is 15.8. The van der Waals surface area contributed by atoms with Crippen molar-refractivity contribution in [1.29, 1.82) is 0 Å². The Morgan fingerprint density at radius 3 is 2.59 bits per heavy atom. The van der Waals surface area contributed by atoms with Gasteiger partial charge in [-0.25, -0.2) is 9.78 Å². The van der Waals surface area contributed by atoms with E-state index >= 15 is 0 Å². The minimum Gasteiger partial charge on any atom is -0.465 e. The highest BCUT2D eigenvalue weighted by atomic mass is 16.4. The van der Waals surface area contributed by atoms with Crippen molar-refractivity contribution in [2.45, 2.75) is 46.3 Å². The van der Waals surface area contributed by atoms with Gasteiger partial charge in [-0.2, -0.15) is 10.2 Å². The lowest BCUT2D eigenvalue weighted by atomic mass is 10.0. The molecule has 168 valence electrons. The Hall–Kier alpha value is -3.69. The molecule has 2 amide bonds. The molecule has 1 aliphatic heterocycles. The minimum atomic E-state index is -1.03. The Balaban J connectivity index is 1.63. The number of hydrogen-bond acceptors (Lipinski definition) is 5. The average Bonchev–Trinajstić information content (AvgIpc) is 3.42. The number of hydrogen-bond donors (Lipinski definition) is 1. The summed E-state index contributed by atoms with van der Waals surface area (Å²) >= 11 is 0. The molecule has 0 radical (unpaired) electrons. The highest BCUT2D eigenvalue weighted by Crippen LogP contribution is 2.39. The second-order valence-corrected chi connectivity index (χ2v) is 8.46. The van der Waals surface area contributed by atoms with Crippen molar-refractivity contribution < 1.29 is 14.7 Å². The Morgan fingerprint density at radius 2 is 1.91 bits per heavy atom. The van der Waals surface area contributed by atoms with E-state index in [4.69, 9.17) is 0 Å². The van der Waals surface area contributed by atoms with Crippen LogP contribution < -0.4 is 9.80 Å². The van der Waals surface area contributed by atoms with Gasteiger partial charge in [-0.15, -0.1) is 0 Å². The number of carboxylic acid groups (broad SMARTS) is 1. The molecule has 3 heterocycles. The zero-order valence-electron chi connectivity index (χ0n) is 18.4. The van der Waals surface area contributed by atoms with E-state index in [0.717, 1.165) is 11.1 Å². The lowest BCUT2D eigenvalue weighted by Crippen LogP contribution is -2.51. The highest BCUT2D eigenvalue weighted by Gasteiger charge is 2.35. The monoisotopic (exact) mass is 437 g/mol. The van der Waals surface area contributed by atoms with Crippen LogP contribution in [0.25, 0.3) is 11.1 Å². The molecule has 4 rings (SSSR count). The molecule has 3 aromatic rings. The highest BCUT2D eigenvalue weighted by molar-refractivity contribution is 6.03. The van der Waals surface area contributed by atoms with Gasteiger partial charge < -0.3 is 10.0 Å². The van der Waals surface area contributed by atoms with E-state index in [0.29, 0.717) is 30.9 Å². The Kier molecular flexibility index (Phi) is 5.93. The number of rotatable bonds is 6. The van der Waals surface area contributed by atoms with Crippen molar-refractivity contribution in [3.8, 4) is 11.1 Å². The van der Waals surface area contributed by atoms with Gasteiger partial charge in [0.25, 0.3) is 0 Å². The number of aromatic nitrogens is 5. The first-order chi connectivity index (χ1) is 15.3. The van der Waals surface area contributed by atoms with Crippen LogP contribution in [0, 0.1) is 5.92 Å². The fraction of sp³-hybridized carbons (Fsp3) is 0.409. The van der Waals surface area contributed by atoms with E-state index < -0.39 is 6.09 Å². The fourth-order valence-corrected chi connectivity index (χ4v) is 4.00. The number of carbonyl (C=O) groups is 2. The molecule has 0 aliphatic carbocycles. The van der Waals surface area contributed by atoms with Crippen LogP contribution >= 0.6 is 0 Å². The standard InChI is InChI=1S/C22H27N7O3/c1-15(2)8-21(30)29-16(3)11-28(22(31)32)20-9-17(4-5-19(20)29)18-10-24-26(12-18)6-7-27-14-23-13-25-27/h4-5,9-10,12-16H,6-8,11H2,1-3H3,(H,31,32)/t16-/m0/s1. The topological polar surface area (TPSA) is 109 Å². The number of anilines is 2. The molecule has 1 aliphatic rings. The van der Waals surface area contributed by atoms with Crippen LogP contribution in [0.3, 0.4) is 0 Å². The van der Waals surface area contributed by atoms with E-state index in [2.05, 4.69) is 15.2 Å². The van der Waals surface area contributed by atoms with E-state index in [9.17, 15) is 14.7 Å². The molecule has 1 atom stereocenters. The van der Waals surface area contributed by atoms with Gasteiger partial charge in [0, 0.05) is 24.7 Å². The number of amides is 2. The van der Waals surface area contributed by atoms with Crippen LogP contribution in [0.15, 0.2) is 43.2 Å².